The van der Waals surface area contributed by atoms with Crippen molar-refractivity contribution in [3.05, 3.63) is 101 Å². The second kappa shape index (κ2) is 12.5. The molecule has 0 spiro atoms. The second-order valence-corrected chi connectivity index (χ2v) is 11.2. The van der Waals surface area contributed by atoms with E-state index < -0.39 is 17.7 Å². The van der Waals surface area contributed by atoms with Gasteiger partial charge in [-0.25, -0.2) is 4.39 Å². The van der Waals surface area contributed by atoms with Gasteiger partial charge >= 0.3 is 5.91 Å². The minimum Gasteiger partial charge on any atom is -0.507 e. The fraction of sp³-hybridized carbons (Fsp3) is 0.200. The number of aliphatic hydroxyl groups excluding tert-OH is 1. The number of nitrogens with zero attached hydrogens (tertiary/aromatic N) is 3. The van der Waals surface area contributed by atoms with Gasteiger partial charge in [0.15, 0.2) is 4.34 Å². The summed E-state index contributed by atoms with van der Waals surface area (Å²) in [7, 11) is 1.52. The molecule has 1 aliphatic rings. The number of anilines is 1. The zero-order valence-corrected chi connectivity index (χ0v) is 23.9. The molecule has 1 aliphatic heterocycles. The number of rotatable bonds is 10. The molecule has 1 amide bonds. The zero-order chi connectivity index (χ0) is 28.9. The molecule has 0 saturated carbocycles. The predicted octanol–water partition coefficient (Wildman–Crippen LogP) is 6.39. The van der Waals surface area contributed by atoms with Crippen LogP contribution in [0.25, 0.3) is 5.76 Å². The van der Waals surface area contributed by atoms with Gasteiger partial charge in [-0.3, -0.25) is 14.5 Å². The highest BCUT2D eigenvalue weighted by atomic mass is 32.2. The van der Waals surface area contributed by atoms with Crippen molar-refractivity contribution in [3.63, 3.8) is 0 Å². The molecule has 0 aliphatic carbocycles. The smallest absolute Gasteiger partial charge is 0.301 e. The Morgan fingerprint density at radius 3 is 2.56 bits per heavy atom. The molecule has 2 heterocycles. The molecule has 1 fully saturated rings. The van der Waals surface area contributed by atoms with E-state index in [0.717, 1.165) is 17.8 Å². The van der Waals surface area contributed by atoms with Crippen LogP contribution in [0.15, 0.2) is 82.7 Å². The number of hydrogen-bond acceptors (Lipinski definition) is 9. The lowest BCUT2D eigenvalue weighted by atomic mass is 9.95. The minimum absolute atomic E-state index is 0.0822. The van der Waals surface area contributed by atoms with Crippen LogP contribution in [-0.2, 0) is 15.3 Å². The van der Waals surface area contributed by atoms with Gasteiger partial charge in [-0.15, -0.1) is 10.2 Å². The average molecular weight is 592 g/mol. The number of carbonyl (C=O) groups excluding carboxylic acids is 2. The number of ether oxygens (including phenoxy) is 2. The number of ketones is 1. The standard InChI is InChI=1S/C30H26FN3O5S2/c1-3-15-39-21-13-11-18(12-14-21)26(35)24-25(19-8-6-9-22(16-19)38-2)34(28(37)27(24)36)29-32-33-30(41-29)40-17-20-7-4-5-10-23(20)31/h4-14,16,25,35H,3,15,17H2,1-2H3/b26-24-. The van der Waals surface area contributed by atoms with Crippen molar-refractivity contribution in [3.8, 4) is 11.5 Å². The van der Waals surface area contributed by atoms with Crippen LogP contribution in [0.5, 0.6) is 11.5 Å². The molecule has 0 bridgehead atoms. The molecule has 41 heavy (non-hydrogen) atoms. The quantitative estimate of drug-likeness (QED) is 0.0744. The van der Waals surface area contributed by atoms with Gasteiger partial charge in [0, 0.05) is 11.3 Å². The lowest BCUT2D eigenvalue weighted by Crippen LogP contribution is -2.29. The van der Waals surface area contributed by atoms with Crippen molar-refractivity contribution in [2.45, 2.75) is 29.5 Å². The fourth-order valence-electron chi connectivity index (χ4n) is 4.35. The molecule has 8 nitrogen and oxygen atoms in total. The lowest BCUT2D eigenvalue weighted by molar-refractivity contribution is -0.132. The zero-order valence-electron chi connectivity index (χ0n) is 22.2. The van der Waals surface area contributed by atoms with Crippen LogP contribution in [0.3, 0.4) is 0 Å². The Labute approximate surface area is 244 Å². The van der Waals surface area contributed by atoms with Crippen LogP contribution in [0.1, 0.15) is 36.1 Å². The largest absolute Gasteiger partial charge is 0.507 e. The lowest BCUT2D eigenvalue weighted by Gasteiger charge is -2.23. The number of Topliss-reactive ketones (excluding diaryl/α,β-unsaturated/α-hetero) is 1. The molecular weight excluding hydrogens is 565 g/mol. The third-order valence-corrected chi connectivity index (χ3v) is 8.47. The van der Waals surface area contributed by atoms with Crippen molar-refractivity contribution in [1.82, 2.24) is 10.2 Å². The maximum Gasteiger partial charge on any atom is 0.301 e. The van der Waals surface area contributed by atoms with Crippen LogP contribution >= 0.6 is 23.1 Å². The van der Waals surface area contributed by atoms with E-state index in [1.807, 2.05) is 6.92 Å². The molecule has 5 rings (SSSR count). The van der Waals surface area contributed by atoms with Gasteiger partial charge in [0.05, 0.1) is 25.3 Å². The summed E-state index contributed by atoms with van der Waals surface area (Å²) in [5.74, 6) is -0.872. The topological polar surface area (TPSA) is 102 Å². The average Bonchev–Trinajstić information content (AvgIpc) is 3.57. The molecule has 1 unspecified atom stereocenters. The van der Waals surface area contributed by atoms with E-state index >= 15 is 0 Å². The third-order valence-electron chi connectivity index (χ3n) is 6.37. The van der Waals surface area contributed by atoms with Gasteiger partial charge in [0.2, 0.25) is 5.13 Å². The summed E-state index contributed by atoms with van der Waals surface area (Å²) in [5, 5.41) is 19.9. The van der Waals surface area contributed by atoms with Crippen molar-refractivity contribution in [2.24, 2.45) is 0 Å². The maximum absolute atomic E-state index is 14.1. The highest BCUT2D eigenvalue weighted by Crippen LogP contribution is 2.44. The predicted molar refractivity (Wildman–Crippen MR) is 156 cm³/mol. The molecule has 3 aromatic carbocycles. The number of carbonyl (C=O) groups is 2. The molecule has 11 heteroatoms. The minimum atomic E-state index is -0.988. The Morgan fingerprint density at radius 1 is 1.05 bits per heavy atom. The monoisotopic (exact) mass is 591 g/mol. The van der Waals surface area contributed by atoms with Gasteiger partial charge in [-0.1, -0.05) is 60.4 Å². The van der Waals surface area contributed by atoms with Crippen LogP contribution in [0, 0.1) is 5.82 Å². The molecule has 0 radical (unpaired) electrons. The first kappa shape index (κ1) is 28.3. The summed E-state index contributed by atoms with van der Waals surface area (Å²) in [6, 6.07) is 19.1. The van der Waals surface area contributed by atoms with Gasteiger partial charge < -0.3 is 14.6 Å². The Kier molecular flexibility index (Phi) is 8.65. The highest BCUT2D eigenvalue weighted by Gasteiger charge is 2.48. The Balaban J connectivity index is 1.53. The number of aromatic nitrogens is 2. The fourth-order valence-corrected chi connectivity index (χ4v) is 6.21. The van der Waals surface area contributed by atoms with Crippen molar-refractivity contribution < 1.29 is 28.6 Å². The van der Waals surface area contributed by atoms with Crippen LogP contribution in [0.4, 0.5) is 9.52 Å². The van der Waals surface area contributed by atoms with E-state index in [0.29, 0.717) is 44.9 Å². The summed E-state index contributed by atoms with van der Waals surface area (Å²) in [5.41, 5.74) is 1.33. The van der Waals surface area contributed by atoms with E-state index in [4.69, 9.17) is 9.47 Å². The molecule has 1 atom stereocenters. The van der Waals surface area contributed by atoms with Gasteiger partial charge in [0.1, 0.15) is 23.1 Å². The second-order valence-electron chi connectivity index (χ2n) is 9.05. The number of amides is 1. The van der Waals surface area contributed by atoms with Crippen molar-refractivity contribution in [1.29, 1.82) is 0 Å². The van der Waals surface area contributed by atoms with E-state index in [1.54, 1.807) is 66.7 Å². The molecular formula is C30H26FN3O5S2. The number of benzene rings is 3. The van der Waals surface area contributed by atoms with E-state index in [1.165, 1.54) is 29.8 Å². The first-order valence-electron chi connectivity index (χ1n) is 12.8. The Morgan fingerprint density at radius 2 is 1.83 bits per heavy atom. The normalized spacial score (nSPS) is 16.3. The first-order valence-corrected chi connectivity index (χ1v) is 14.6. The molecule has 1 N–H and O–H groups in total. The summed E-state index contributed by atoms with van der Waals surface area (Å²) in [6.45, 7) is 2.55. The summed E-state index contributed by atoms with van der Waals surface area (Å²) >= 11 is 2.38. The molecule has 1 aromatic heterocycles. The van der Waals surface area contributed by atoms with Crippen molar-refractivity contribution >= 4 is 45.7 Å². The van der Waals surface area contributed by atoms with Gasteiger partial charge in [-0.2, -0.15) is 0 Å². The van der Waals surface area contributed by atoms with E-state index in [9.17, 15) is 19.1 Å². The number of hydrogen-bond donors (Lipinski definition) is 1. The summed E-state index contributed by atoms with van der Waals surface area (Å²) < 4.78 is 25.6. The SMILES string of the molecule is CCCOc1ccc(/C(O)=C2/C(=O)C(=O)N(c3nnc(SCc4ccccc4F)s3)C2c2cccc(OC)c2)cc1. The van der Waals surface area contributed by atoms with Crippen LogP contribution in [0.2, 0.25) is 0 Å². The number of aliphatic hydroxyl groups is 1. The first-order chi connectivity index (χ1) is 19.9. The third kappa shape index (κ3) is 5.96. The van der Waals surface area contributed by atoms with Crippen LogP contribution < -0.4 is 14.4 Å². The maximum atomic E-state index is 14.1. The highest BCUT2D eigenvalue weighted by molar-refractivity contribution is 8.00. The van der Waals surface area contributed by atoms with E-state index in [-0.39, 0.29) is 22.3 Å². The number of halogens is 1. The van der Waals surface area contributed by atoms with Gasteiger partial charge in [-0.05, 0) is 60.0 Å². The summed E-state index contributed by atoms with van der Waals surface area (Å²) in [4.78, 5) is 28.2. The Bertz CT molecular complexity index is 1610. The number of methoxy groups -OCH3 is 1. The molecule has 4 aromatic rings. The summed E-state index contributed by atoms with van der Waals surface area (Å²) in [6.07, 6.45) is 0.848. The van der Waals surface area contributed by atoms with Crippen molar-refractivity contribution in [2.75, 3.05) is 18.6 Å². The molecule has 210 valence electrons. The number of thioether (sulfide) groups is 1. The van der Waals surface area contributed by atoms with E-state index in [2.05, 4.69) is 10.2 Å². The molecule has 1 saturated heterocycles. The van der Waals surface area contributed by atoms with Gasteiger partial charge in [0.25, 0.3) is 5.78 Å². The van der Waals surface area contributed by atoms with Crippen LogP contribution in [-0.4, -0.2) is 40.7 Å². The Hall–Kier alpha value is -4.22.